The summed E-state index contributed by atoms with van der Waals surface area (Å²) in [4.78, 5) is 61.1. The fraction of sp³-hybridized carbons (Fsp3) is 0.462. The van der Waals surface area contributed by atoms with Crippen LogP contribution in [0.5, 0.6) is 6.01 Å². The first-order valence-electron chi connectivity index (χ1n) is 19.4. The first-order chi connectivity index (χ1) is 28.8. The van der Waals surface area contributed by atoms with Crippen molar-refractivity contribution in [2.75, 3.05) is 63.2 Å². The summed E-state index contributed by atoms with van der Waals surface area (Å²) in [5, 5.41) is 36.9. The molecule has 1 aromatic heterocycles. The lowest BCUT2D eigenvalue weighted by Crippen LogP contribution is -2.48. The lowest BCUT2D eigenvalue weighted by molar-refractivity contribution is -0.394. The van der Waals surface area contributed by atoms with Gasteiger partial charge in [-0.15, -0.1) is 0 Å². The number of carbonyl (C=O) groups excluding carboxylic acids is 2. The summed E-state index contributed by atoms with van der Waals surface area (Å²) in [6, 6.07) is 16.3. The van der Waals surface area contributed by atoms with Crippen LogP contribution in [-0.2, 0) is 18.1 Å². The second-order valence-electron chi connectivity index (χ2n) is 14.0. The lowest BCUT2D eigenvalue weighted by atomic mass is 10.00. The molecule has 2 atom stereocenters. The van der Waals surface area contributed by atoms with E-state index >= 15 is 0 Å². The van der Waals surface area contributed by atoms with Crippen LogP contribution in [0.3, 0.4) is 0 Å². The van der Waals surface area contributed by atoms with Gasteiger partial charge in [-0.1, -0.05) is 56.3 Å². The van der Waals surface area contributed by atoms with Crippen molar-refractivity contribution in [1.29, 1.82) is 0 Å². The van der Waals surface area contributed by atoms with Crippen LogP contribution in [0.2, 0.25) is 6.04 Å². The fourth-order valence-corrected chi connectivity index (χ4v) is 9.09. The van der Waals surface area contributed by atoms with Crippen molar-refractivity contribution in [3.05, 3.63) is 92.0 Å². The molecule has 0 aliphatic rings. The average molecular weight is 868 g/mol. The smallest absolute Gasteiger partial charge is 0.461 e. The molecule has 1 heterocycles. The Morgan fingerprint density at radius 1 is 0.833 bits per heavy atom. The molecule has 4 rings (SSSR count). The van der Waals surface area contributed by atoms with Gasteiger partial charge in [0.25, 0.3) is 17.3 Å². The highest BCUT2D eigenvalue weighted by atomic mass is 32.2. The summed E-state index contributed by atoms with van der Waals surface area (Å²) in [6.45, 7) is 6.27. The maximum Gasteiger partial charge on any atom is 0.500 e. The normalized spacial score (nSPS) is 12.4. The molecule has 3 aromatic carbocycles. The number of hydrogen-bond donors (Lipinski definition) is 4. The minimum atomic E-state index is -2.59. The van der Waals surface area contributed by atoms with Crippen LogP contribution < -0.4 is 26.0 Å². The Bertz CT molecular complexity index is 2030. The summed E-state index contributed by atoms with van der Waals surface area (Å²) < 4.78 is 22.4. The van der Waals surface area contributed by atoms with Crippen molar-refractivity contribution in [1.82, 2.24) is 25.6 Å². The van der Waals surface area contributed by atoms with Crippen LogP contribution in [0.15, 0.2) is 60.7 Å². The van der Waals surface area contributed by atoms with Gasteiger partial charge in [-0.2, -0.15) is 26.7 Å². The highest BCUT2D eigenvalue weighted by Crippen LogP contribution is 2.27. The number of non-ortho nitro benzene ring substituents is 2. The van der Waals surface area contributed by atoms with E-state index in [1.54, 1.807) is 21.3 Å². The van der Waals surface area contributed by atoms with E-state index in [-0.39, 0.29) is 49.1 Å². The number of rotatable bonds is 26. The van der Waals surface area contributed by atoms with E-state index in [4.69, 9.17) is 18.0 Å². The maximum atomic E-state index is 13.3. The first-order valence-corrected chi connectivity index (χ1v) is 22.5. The summed E-state index contributed by atoms with van der Waals surface area (Å²) in [5.41, 5.74) is -0.514. The third-order valence-corrected chi connectivity index (χ3v) is 13.2. The van der Waals surface area contributed by atoms with Gasteiger partial charge in [-0.3, -0.25) is 29.8 Å². The Morgan fingerprint density at radius 3 is 2.15 bits per heavy atom. The molecule has 0 aliphatic heterocycles. The molecule has 0 spiro atoms. The van der Waals surface area contributed by atoms with Gasteiger partial charge in [0.1, 0.15) is 12.6 Å². The van der Waals surface area contributed by atoms with Crippen LogP contribution in [0, 0.1) is 26.1 Å². The molecule has 2 amide bonds. The Labute approximate surface area is 353 Å². The van der Waals surface area contributed by atoms with Gasteiger partial charge in [0, 0.05) is 46.1 Å². The molecule has 0 unspecified atom stereocenters. The number of nitro groups is 2. The lowest BCUT2D eigenvalue weighted by Gasteiger charge is -2.24. The zero-order valence-electron chi connectivity index (χ0n) is 34.6. The van der Waals surface area contributed by atoms with E-state index in [0.717, 1.165) is 64.9 Å². The monoisotopic (exact) mass is 867 g/mol. The van der Waals surface area contributed by atoms with Gasteiger partial charge in [-0.05, 0) is 59.9 Å². The Morgan fingerprint density at radius 2 is 1.48 bits per heavy atom. The van der Waals surface area contributed by atoms with E-state index in [1.165, 1.54) is 0 Å². The minimum absolute atomic E-state index is 0.00910. The number of thioether (sulfide) groups is 1. The van der Waals surface area contributed by atoms with Gasteiger partial charge in [0.2, 0.25) is 17.8 Å². The number of fused-ring (bicyclic) bond motifs is 1. The highest BCUT2D eigenvalue weighted by molar-refractivity contribution is 7.99. The number of aromatic nitrogens is 3. The van der Waals surface area contributed by atoms with Crippen LogP contribution in [0.4, 0.5) is 23.3 Å². The Kier molecular flexibility index (Phi) is 18.4. The van der Waals surface area contributed by atoms with Crippen molar-refractivity contribution >= 4 is 66.4 Å². The summed E-state index contributed by atoms with van der Waals surface area (Å²) in [6.07, 6.45) is 1.96. The number of benzene rings is 3. The van der Waals surface area contributed by atoms with E-state index in [2.05, 4.69) is 54.4 Å². The zero-order valence-corrected chi connectivity index (χ0v) is 36.4. The predicted molar refractivity (Wildman–Crippen MR) is 231 cm³/mol. The molecule has 21 heteroatoms. The maximum absolute atomic E-state index is 13.3. The number of anilines is 2. The second kappa shape index (κ2) is 23.3. The van der Waals surface area contributed by atoms with Crippen molar-refractivity contribution in [2.24, 2.45) is 5.92 Å². The van der Waals surface area contributed by atoms with Crippen LogP contribution in [0.25, 0.3) is 10.8 Å². The number of hydrogen-bond acceptors (Lipinski definition) is 16. The molecule has 19 nitrogen and oxygen atoms in total. The predicted octanol–water partition coefficient (Wildman–Crippen LogP) is 6.16. The number of ether oxygens (including phenoxy) is 1. The molecule has 0 aliphatic carbocycles. The number of nitrogens with one attached hydrogen (secondary N) is 4. The summed E-state index contributed by atoms with van der Waals surface area (Å²) in [5.74, 6) is 0.962. The van der Waals surface area contributed by atoms with Gasteiger partial charge in [-0.25, -0.2) is 0 Å². The molecule has 60 heavy (non-hydrogen) atoms. The Balaban J connectivity index is 1.39. The quantitative estimate of drug-likeness (QED) is 0.0239. The molecule has 0 saturated heterocycles. The molecular weight excluding hydrogens is 815 g/mol. The third kappa shape index (κ3) is 14.1. The number of nitrogens with zero attached hydrogens (tertiary/aromatic N) is 5. The summed E-state index contributed by atoms with van der Waals surface area (Å²) >= 11 is 1.82. The van der Waals surface area contributed by atoms with Gasteiger partial charge in [0.05, 0.1) is 34.1 Å². The van der Waals surface area contributed by atoms with Crippen molar-refractivity contribution < 1.29 is 37.5 Å². The number of amides is 2. The van der Waals surface area contributed by atoms with Crippen LogP contribution >= 0.6 is 11.8 Å². The molecule has 0 saturated carbocycles. The molecule has 0 radical (unpaired) electrons. The number of carbonyl (C=O) groups is 2. The Hall–Kier alpha value is -5.48. The fourth-order valence-electron chi connectivity index (χ4n) is 6.21. The van der Waals surface area contributed by atoms with Gasteiger partial charge >= 0.3 is 14.8 Å². The van der Waals surface area contributed by atoms with E-state index in [1.807, 2.05) is 56.8 Å². The molecular formula is C39H53N9O10SSi. The van der Waals surface area contributed by atoms with Gasteiger partial charge < -0.3 is 39.3 Å². The molecule has 4 aromatic rings. The minimum Gasteiger partial charge on any atom is -0.461 e. The molecule has 324 valence electrons. The van der Waals surface area contributed by atoms with Crippen molar-refractivity contribution in [2.45, 2.75) is 58.2 Å². The first kappa shape index (κ1) is 47.2. The van der Waals surface area contributed by atoms with E-state index in [9.17, 15) is 29.8 Å². The molecule has 0 fully saturated rings. The summed E-state index contributed by atoms with van der Waals surface area (Å²) in [7, 11) is 2.25. The van der Waals surface area contributed by atoms with E-state index in [0.29, 0.717) is 12.5 Å². The topological polar surface area (TPSA) is 244 Å². The molecule has 0 bridgehead atoms. The number of nitro benzene ring substituents is 2. The highest BCUT2D eigenvalue weighted by Gasteiger charge is 2.36. The second-order valence-corrected chi connectivity index (χ2v) is 18.4. The standard InChI is InChI=1S/C39H53N9O10SSi/c1-26(2)22-34(43-35(49)29-23-30(47(51)52)25-31(24-29)48(53)54)36(50)40-17-18-58-39-45-37(41-16-10-19-59-20-11-21-60(55-4,56-5)57-6)44-38(46-39)42-27(3)32-15-9-13-28-12-7-8-14-33(28)32/h7-9,12-15,23-27,34H,10-11,16-22H2,1-6H3,(H,40,50)(H,43,49)(H2,41,42,44,45,46)/t27-,34-/m0/s1. The van der Waals surface area contributed by atoms with E-state index < -0.39 is 47.9 Å². The van der Waals surface area contributed by atoms with Crippen LogP contribution in [0.1, 0.15) is 62.0 Å². The SMILES string of the molecule is CO[Si](CCCSCCCNc1nc(N[C@@H](C)c2cccc3ccccc23)nc(OCCNC(=O)[C@H](CC(C)C)NC(=O)c2cc([N+](=O)[O-])cc([N+](=O)[O-])c2)n1)(OC)OC. The van der Waals surface area contributed by atoms with Crippen molar-refractivity contribution in [3.63, 3.8) is 0 Å². The molecule has 4 N–H and O–H groups in total. The zero-order chi connectivity index (χ0) is 43.7. The third-order valence-electron chi connectivity index (χ3n) is 9.25. The van der Waals surface area contributed by atoms with Crippen molar-refractivity contribution in [3.8, 4) is 6.01 Å². The van der Waals surface area contributed by atoms with Gasteiger partial charge in [0.15, 0.2) is 0 Å². The van der Waals surface area contributed by atoms with Crippen LogP contribution in [-0.4, -0.2) is 104 Å². The average Bonchev–Trinajstić information content (AvgIpc) is 3.23. The largest absolute Gasteiger partial charge is 0.500 e.